The van der Waals surface area contributed by atoms with Crippen molar-refractivity contribution in [3.05, 3.63) is 22.7 Å². The molecule has 6 heteroatoms. The minimum absolute atomic E-state index is 0.315. The molecular formula is C11H11BrN2O3. The van der Waals surface area contributed by atoms with E-state index in [1.54, 1.807) is 26.4 Å². The molecule has 0 aliphatic rings. The van der Waals surface area contributed by atoms with Gasteiger partial charge in [-0.15, -0.1) is 0 Å². The second kappa shape index (κ2) is 4.67. The number of rotatable bonds is 3. The van der Waals surface area contributed by atoms with Crippen LogP contribution < -0.4 is 15.2 Å². The summed E-state index contributed by atoms with van der Waals surface area (Å²) >= 11 is 3.32. The number of hydrogen-bond donors (Lipinski definition) is 1. The van der Waals surface area contributed by atoms with E-state index in [4.69, 9.17) is 19.7 Å². The summed E-state index contributed by atoms with van der Waals surface area (Å²) in [5.74, 6) is 2.14. The topological polar surface area (TPSA) is 70.5 Å². The molecule has 2 rings (SSSR count). The van der Waals surface area contributed by atoms with Crippen molar-refractivity contribution in [3.63, 3.8) is 0 Å². The van der Waals surface area contributed by atoms with Gasteiger partial charge in [0.25, 0.3) is 0 Å². The van der Waals surface area contributed by atoms with Crippen LogP contribution in [0.25, 0.3) is 11.3 Å². The molecule has 1 aromatic carbocycles. The second-order valence-electron chi connectivity index (χ2n) is 3.28. The van der Waals surface area contributed by atoms with Gasteiger partial charge in [0.2, 0.25) is 0 Å². The number of ether oxygens (including phenoxy) is 2. The Morgan fingerprint density at radius 2 is 1.94 bits per heavy atom. The Balaban J connectivity index is 2.50. The van der Waals surface area contributed by atoms with Crippen molar-refractivity contribution in [1.82, 2.24) is 5.16 Å². The minimum atomic E-state index is 0.315. The number of nitrogen functional groups attached to an aromatic ring is 1. The van der Waals surface area contributed by atoms with E-state index >= 15 is 0 Å². The molecule has 0 fully saturated rings. The van der Waals surface area contributed by atoms with Crippen LogP contribution in [0.4, 0.5) is 5.82 Å². The molecule has 90 valence electrons. The molecule has 0 spiro atoms. The lowest BCUT2D eigenvalue weighted by atomic mass is 10.1. The summed E-state index contributed by atoms with van der Waals surface area (Å²) in [4.78, 5) is 0. The van der Waals surface area contributed by atoms with Crippen molar-refractivity contribution in [2.45, 2.75) is 0 Å². The Kier molecular flexibility index (Phi) is 3.23. The Morgan fingerprint density at radius 1 is 1.24 bits per heavy atom. The van der Waals surface area contributed by atoms with Gasteiger partial charge in [-0.3, -0.25) is 0 Å². The lowest BCUT2D eigenvalue weighted by Gasteiger charge is -2.08. The van der Waals surface area contributed by atoms with E-state index in [1.165, 1.54) is 0 Å². The van der Waals surface area contributed by atoms with E-state index in [0.29, 0.717) is 27.5 Å². The van der Waals surface area contributed by atoms with Gasteiger partial charge in [0.1, 0.15) is 4.47 Å². The van der Waals surface area contributed by atoms with Crippen LogP contribution in [-0.4, -0.2) is 19.4 Å². The molecule has 0 unspecified atom stereocenters. The number of halogens is 1. The lowest BCUT2D eigenvalue weighted by Crippen LogP contribution is -1.90. The molecule has 0 amide bonds. The van der Waals surface area contributed by atoms with Crippen LogP contribution in [0.2, 0.25) is 0 Å². The van der Waals surface area contributed by atoms with Crippen molar-refractivity contribution in [2.75, 3.05) is 20.0 Å². The summed E-state index contributed by atoms with van der Waals surface area (Å²) in [7, 11) is 3.16. The quantitative estimate of drug-likeness (QED) is 0.943. The monoisotopic (exact) mass is 298 g/mol. The van der Waals surface area contributed by atoms with E-state index in [1.807, 2.05) is 6.07 Å². The average Bonchev–Trinajstić information content (AvgIpc) is 2.69. The summed E-state index contributed by atoms with van der Waals surface area (Å²) in [5, 5.41) is 3.67. The normalized spacial score (nSPS) is 10.3. The highest BCUT2D eigenvalue weighted by molar-refractivity contribution is 9.10. The number of nitrogens with zero attached hydrogens (tertiary/aromatic N) is 1. The van der Waals surface area contributed by atoms with Crippen LogP contribution >= 0.6 is 15.9 Å². The van der Waals surface area contributed by atoms with E-state index in [2.05, 4.69) is 21.1 Å². The highest BCUT2D eigenvalue weighted by Gasteiger charge is 2.15. The maximum absolute atomic E-state index is 5.60. The summed E-state index contributed by atoms with van der Waals surface area (Å²) < 4.78 is 16.1. The molecule has 0 saturated heterocycles. The molecule has 0 saturated carbocycles. The Hall–Kier alpha value is -1.69. The van der Waals surface area contributed by atoms with Crippen LogP contribution in [0.1, 0.15) is 0 Å². The molecule has 0 bridgehead atoms. The molecule has 0 radical (unpaired) electrons. The van der Waals surface area contributed by atoms with Gasteiger partial charge in [0, 0.05) is 5.56 Å². The first-order chi connectivity index (χ1) is 8.17. The second-order valence-corrected chi connectivity index (χ2v) is 4.07. The van der Waals surface area contributed by atoms with Gasteiger partial charge in [-0.05, 0) is 34.1 Å². The average molecular weight is 299 g/mol. The molecule has 17 heavy (non-hydrogen) atoms. The molecule has 2 N–H and O–H groups in total. The maximum atomic E-state index is 5.60. The van der Waals surface area contributed by atoms with Gasteiger partial charge in [-0.1, -0.05) is 5.16 Å². The molecule has 1 aromatic heterocycles. The summed E-state index contributed by atoms with van der Waals surface area (Å²) in [6.07, 6.45) is 0. The number of methoxy groups -OCH3 is 2. The van der Waals surface area contributed by atoms with Crippen molar-refractivity contribution >= 4 is 21.7 Å². The van der Waals surface area contributed by atoms with E-state index < -0.39 is 0 Å². The lowest BCUT2D eigenvalue weighted by molar-refractivity contribution is 0.355. The summed E-state index contributed by atoms with van der Waals surface area (Å²) in [5.41, 5.74) is 6.40. The third-order valence-electron chi connectivity index (χ3n) is 2.31. The molecule has 0 atom stereocenters. The van der Waals surface area contributed by atoms with Crippen LogP contribution in [0.5, 0.6) is 11.5 Å². The smallest absolute Gasteiger partial charge is 0.183 e. The van der Waals surface area contributed by atoms with Gasteiger partial charge in [-0.25, -0.2) is 0 Å². The summed E-state index contributed by atoms with van der Waals surface area (Å²) in [6.45, 7) is 0. The van der Waals surface area contributed by atoms with Gasteiger partial charge in [0.05, 0.1) is 14.2 Å². The van der Waals surface area contributed by atoms with E-state index in [-0.39, 0.29) is 0 Å². The largest absolute Gasteiger partial charge is 0.493 e. The number of aromatic nitrogens is 1. The predicted molar refractivity (Wildman–Crippen MR) is 67.2 cm³/mol. The van der Waals surface area contributed by atoms with Crippen molar-refractivity contribution in [2.24, 2.45) is 0 Å². The van der Waals surface area contributed by atoms with E-state index in [0.717, 1.165) is 5.56 Å². The number of hydrogen-bond acceptors (Lipinski definition) is 5. The van der Waals surface area contributed by atoms with Gasteiger partial charge in [0.15, 0.2) is 23.1 Å². The number of benzene rings is 1. The zero-order chi connectivity index (χ0) is 12.4. The van der Waals surface area contributed by atoms with Crippen molar-refractivity contribution < 1.29 is 14.0 Å². The fraction of sp³-hybridized carbons (Fsp3) is 0.182. The summed E-state index contributed by atoms with van der Waals surface area (Å²) in [6, 6.07) is 5.43. The van der Waals surface area contributed by atoms with Crippen LogP contribution in [0, 0.1) is 0 Å². The molecular weight excluding hydrogens is 288 g/mol. The van der Waals surface area contributed by atoms with E-state index in [9.17, 15) is 0 Å². The van der Waals surface area contributed by atoms with Crippen LogP contribution in [0.15, 0.2) is 27.2 Å². The first-order valence-corrected chi connectivity index (χ1v) is 5.59. The first kappa shape index (κ1) is 11.8. The highest BCUT2D eigenvalue weighted by Crippen LogP contribution is 2.37. The van der Waals surface area contributed by atoms with Gasteiger partial charge in [-0.2, -0.15) is 0 Å². The molecule has 2 aromatic rings. The molecule has 1 heterocycles. The van der Waals surface area contributed by atoms with Gasteiger partial charge >= 0.3 is 0 Å². The zero-order valence-electron chi connectivity index (χ0n) is 9.36. The standard InChI is InChI=1S/C11H11BrN2O3/c1-15-7-4-3-6(5-8(7)16-2)10-9(12)11(13)14-17-10/h3-5H,1-2H3,(H2,13,14). The molecule has 0 aliphatic heterocycles. The molecule has 5 nitrogen and oxygen atoms in total. The Bertz CT molecular complexity index is 540. The van der Waals surface area contributed by atoms with Crippen molar-refractivity contribution in [1.29, 1.82) is 0 Å². The maximum Gasteiger partial charge on any atom is 0.183 e. The SMILES string of the molecule is COc1ccc(-c2onc(N)c2Br)cc1OC. The van der Waals surface area contributed by atoms with Gasteiger partial charge < -0.3 is 19.7 Å². The fourth-order valence-electron chi connectivity index (χ4n) is 1.45. The number of nitrogens with two attached hydrogens (primary N) is 1. The third kappa shape index (κ3) is 2.08. The Labute approximate surface area is 107 Å². The Morgan fingerprint density at radius 3 is 2.47 bits per heavy atom. The third-order valence-corrected chi connectivity index (χ3v) is 3.07. The van der Waals surface area contributed by atoms with Crippen LogP contribution in [0.3, 0.4) is 0 Å². The fourth-order valence-corrected chi connectivity index (χ4v) is 1.82. The van der Waals surface area contributed by atoms with Crippen LogP contribution in [-0.2, 0) is 0 Å². The minimum Gasteiger partial charge on any atom is -0.493 e. The predicted octanol–water partition coefficient (Wildman–Crippen LogP) is 2.70. The first-order valence-electron chi connectivity index (χ1n) is 4.80. The van der Waals surface area contributed by atoms with Crippen molar-refractivity contribution in [3.8, 4) is 22.8 Å². The molecule has 0 aliphatic carbocycles. The highest BCUT2D eigenvalue weighted by atomic mass is 79.9. The zero-order valence-corrected chi connectivity index (χ0v) is 10.9. The number of anilines is 1.